The minimum atomic E-state index is -2.50. The van der Waals surface area contributed by atoms with Gasteiger partial charge in [0.2, 0.25) is 5.79 Å². The van der Waals surface area contributed by atoms with Crippen LogP contribution in [0.3, 0.4) is 0 Å². The Morgan fingerprint density at radius 3 is 1.24 bits per heavy atom. The van der Waals surface area contributed by atoms with Crippen LogP contribution in [0.2, 0.25) is 0 Å². The van der Waals surface area contributed by atoms with Crippen molar-refractivity contribution in [3.63, 3.8) is 0 Å². The summed E-state index contributed by atoms with van der Waals surface area (Å²) in [4.78, 5) is 0. The van der Waals surface area contributed by atoms with Gasteiger partial charge in [-0.1, -0.05) is 0 Å². The fourth-order valence-electron chi connectivity index (χ4n) is 6.82. The number of ether oxygens (including phenoxy) is 5. The second kappa shape index (κ2) is 9.98. The third-order valence-electron chi connectivity index (χ3n) is 12.9. The second-order valence-electron chi connectivity index (χ2n) is 15.6. The molecule has 0 spiro atoms. The number of hydrogen-bond acceptors (Lipinski definition) is 15. The Labute approximate surface area is 264 Å². The fraction of sp³-hybridized carbons (Fsp3) is 1.00. The minimum Gasteiger partial charge on any atom is -0.393 e. The smallest absolute Gasteiger partial charge is 0.200 e. The molecule has 3 fully saturated rings. The third-order valence-corrected chi connectivity index (χ3v) is 12.9. The normalized spacial score (nSPS) is 62.3. The van der Waals surface area contributed by atoms with Crippen LogP contribution in [-0.4, -0.2) is 150 Å². The Morgan fingerprint density at radius 2 is 0.844 bits per heavy atom. The highest BCUT2D eigenvalue weighted by atomic mass is 16.8. The first-order valence-electron chi connectivity index (χ1n) is 15.0. The van der Waals surface area contributed by atoms with Crippen molar-refractivity contribution in [1.29, 1.82) is 0 Å². The SMILES string of the molecule is CC1(CO[C@@]2(C)OC(C)(CO)[C@](C)(O)[C@](C)(O)C2(C)O)O[C@](C)(O[C@@H]2O[C@](C)(CO)[C@](C)(O)C2(C)O)[C@@](C)(O)C(C)(O)[C@]1(C)O. The lowest BCUT2D eigenvalue weighted by atomic mass is 9.60. The predicted molar refractivity (Wildman–Crippen MR) is 155 cm³/mol. The van der Waals surface area contributed by atoms with E-state index >= 15 is 0 Å². The molecule has 266 valence electrons. The monoisotopic (exact) mass is 656 g/mol. The van der Waals surface area contributed by atoms with E-state index in [2.05, 4.69) is 0 Å². The predicted octanol–water partition coefficient (Wildman–Crippen LogP) is -1.86. The molecule has 0 aromatic rings. The van der Waals surface area contributed by atoms with Crippen molar-refractivity contribution in [2.24, 2.45) is 0 Å². The molecular formula is C30H56O15. The van der Waals surface area contributed by atoms with E-state index in [1.807, 2.05) is 0 Å². The van der Waals surface area contributed by atoms with E-state index < -0.39 is 99.3 Å². The summed E-state index contributed by atoms with van der Waals surface area (Å²) in [6.45, 7) is 13.5. The largest absolute Gasteiger partial charge is 0.393 e. The van der Waals surface area contributed by atoms with Gasteiger partial charge in [-0.3, -0.25) is 0 Å². The summed E-state index contributed by atoms with van der Waals surface area (Å²) >= 11 is 0. The van der Waals surface area contributed by atoms with E-state index in [0.29, 0.717) is 0 Å². The van der Waals surface area contributed by atoms with Gasteiger partial charge >= 0.3 is 0 Å². The van der Waals surface area contributed by atoms with Crippen LogP contribution in [0.5, 0.6) is 0 Å². The number of aliphatic hydroxyl groups is 10. The standard InChI is InChI=1S/C30H56O15/c1-18(14-31)22(5,34)21(4,33)17(42-18)43-30(13)28(11,40)26(9,38)24(7,36)20(3,45-30)16-41-29(12)27(10,39)25(8,37)23(6,35)19(2,15-32)44-29/h17,31-40H,14-16H2,1-13H3/t17-,18+,19?,20?,21?,22-,23-,24+,25-,26?,27?,28-,29-,30-/m0/s1. The van der Waals surface area contributed by atoms with Crippen LogP contribution in [0, 0.1) is 0 Å². The zero-order valence-corrected chi connectivity index (χ0v) is 28.7. The quantitative estimate of drug-likeness (QED) is 0.144. The van der Waals surface area contributed by atoms with Gasteiger partial charge in [-0.2, -0.15) is 0 Å². The lowest BCUT2D eigenvalue weighted by molar-refractivity contribution is -0.494. The topological polar surface area (TPSA) is 248 Å². The molecule has 0 amide bonds. The lowest BCUT2D eigenvalue weighted by Crippen LogP contribution is -2.87. The van der Waals surface area contributed by atoms with Crippen molar-refractivity contribution >= 4 is 0 Å². The number of hydrogen-bond donors (Lipinski definition) is 10. The molecule has 3 aliphatic rings. The molecule has 3 heterocycles. The fourth-order valence-corrected chi connectivity index (χ4v) is 6.82. The van der Waals surface area contributed by atoms with E-state index in [0.717, 1.165) is 27.7 Å². The van der Waals surface area contributed by atoms with Crippen LogP contribution in [0.1, 0.15) is 90.0 Å². The molecule has 0 bridgehead atoms. The molecule has 0 saturated carbocycles. The van der Waals surface area contributed by atoms with Gasteiger partial charge < -0.3 is 74.7 Å². The Kier molecular flexibility index (Phi) is 8.62. The van der Waals surface area contributed by atoms with Gasteiger partial charge in [-0.25, -0.2) is 0 Å². The molecular weight excluding hydrogens is 600 g/mol. The zero-order chi connectivity index (χ0) is 35.7. The van der Waals surface area contributed by atoms with Crippen LogP contribution < -0.4 is 0 Å². The molecule has 3 rings (SSSR count). The highest BCUT2D eigenvalue weighted by Gasteiger charge is 2.79. The van der Waals surface area contributed by atoms with Crippen molar-refractivity contribution in [1.82, 2.24) is 0 Å². The van der Waals surface area contributed by atoms with Crippen LogP contribution in [0.15, 0.2) is 0 Å². The van der Waals surface area contributed by atoms with E-state index in [-0.39, 0.29) is 0 Å². The molecule has 0 radical (unpaired) electrons. The molecule has 0 aromatic carbocycles. The van der Waals surface area contributed by atoms with E-state index in [1.54, 1.807) is 0 Å². The van der Waals surface area contributed by atoms with Gasteiger partial charge in [0.25, 0.3) is 0 Å². The summed E-state index contributed by atoms with van der Waals surface area (Å²) in [6.07, 6.45) is -1.77. The van der Waals surface area contributed by atoms with Gasteiger partial charge in [0.1, 0.15) is 61.6 Å². The second-order valence-corrected chi connectivity index (χ2v) is 15.6. The first-order valence-corrected chi connectivity index (χ1v) is 15.0. The molecule has 10 N–H and O–H groups in total. The highest BCUT2D eigenvalue weighted by Crippen LogP contribution is 2.58. The average Bonchev–Trinajstić information content (AvgIpc) is 3.01. The summed E-state index contributed by atoms with van der Waals surface area (Å²) in [5.74, 6) is -4.59. The maximum Gasteiger partial charge on any atom is 0.200 e. The van der Waals surface area contributed by atoms with Crippen molar-refractivity contribution in [2.75, 3.05) is 19.8 Å². The Hall–Kier alpha value is -0.600. The molecule has 0 aliphatic carbocycles. The van der Waals surface area contributed by atoms with Gasteiger partial charge in [0.15, 0.2) is 12.1 Å². The molecule has 15 nitrogen and oxygen atoms in total. The van der Waals surface area contributed by atoms with Gasteiger partial charge in [-0.15, -0.1) is 0 Å². The van der Waals surface area contributed by atoms with Gasteiger partial charge in [-0.05, 0) is 90.0 Å². The molecule has 45 heavy (non-hydrogen) atoms. The first-order chi connectivity index (χ1) is 19.6. The Balaban J connectivity index is 2.11. The van der Waals surface area contributed by atoms with Gasteiger partial charge in [0.05, 0.1) is 19.8 Å². The lowest BCUT2D eigenvalue weighted by Gasteiger charge is -2.67. The molecule has 0 aromatic heterocycles. The van der Waals surface area contributed by atoms with Crippen molar-refractivity contribution in [2.45, 2.75) is 169 Å². The van der Waals surface area contributed by atoms with Gasteiger partial charge in [0, 0.05) is 0 Å². The van der Waals surface area contributed by atoms with Crippen LogP contribution in [-0.2, 0) is 23.7 Å². The van der Waals surface area contributed by atoms with Crippen LogP contribution in [0.4, 0.5) is 0 Å². The Bertz CT molecular complexity index is 1160. The summed E-state index contributed by atoms with van der Waals surface area (Å²) in [6, 6.07) is 0. The van der Waals surface area contributed by atoms with E-state index in [1.165, 1.54) is 62.3 Å². The minimum absolute atomic E-state index is 0.732. The third kappa shape index (κ3) is 4.37. The number of rotatable bonds is 7. The van der Waals surface area contributed by atoms with Crippen molar-refractivity contribution in [3.05, 3.63) is 0 Å². The maximum absolute atomic E-state index is 11.9. The highest BCUT2D eigenvalue weighted by molar-refractivity contribution is 5.24. The molecule has 5 unspecified atom stereocenters. The number of aliphatic hydroxyl groups excluding tert-OH is 2. The Morgan fingerprint density at radius 1 is 0.467 bits per heavy atom. The summed E-state index contributed by atoms with van der Waals surface area (Å²) in [7, 11) is 0. The molecule has 15 heteroatoms. The zero-order valence-electron chi connectivity index (χ0n) is 28.7. The van der Waals surface area contributed by atoms with E-state index in [9.17, 15) is 51.1 Å². The van der Waals surface area contributed by atoms with Crippen LogP contribution in [0.25, 0.3) is 0 Å². The van der Waals surface area contributed by atoms with Crippen molar-refractivity contribution < 1.29 is 74.7 Å². The summed E-state index contributed by atoms with van der Waals surface area (Å²) < 4.78 is 30.2. The summed E-state index contributed by atoms with van der Waals surface area (Å²) in [5.41, 5.74) is -24.4. The molecule has 3 aliphatic heterocycles. The first kappa shape index (κ1) is 38.8. The summed E-state index contributed by atoms with van der Waals surface area (Å²) in [5, 5.41) is 113. The molecule has 3 saturated heterocycles. The molecule has 14 atom stereocenters. The van der Waals surface area contributed by atoms with Crippen LogP contribution >= 0.6 is 0 Å². The average molecular weight is 657 g/mol. The van der Waals surface area contributed by atoms with Crippen molar-refractivity contribution in [3.8, 4) is 0 Å². The maximum atomic E-state index is 11.9. The van der Waals surface area contributed by atoms with E-state index in [4.69, 9.17) is 23.7 Å².